The molecule has 0 fully saturated rings. The van der Waals surface area contributed by atoms with Crippen molar-refractivity contribution < 1.29 is 0 Å². The van der Waals surface area contributed by atoms with Crippen molar-refractivity contribution in [2.45, 2.75) is 0 Å². The van der Waals surface area contributed by atoms with Crippen LogP contribution >= 0.6 is 0 Å². The standard InChI is InChI=1S/C46H30N4/c1-3-11-35(12-4-1)49-43-17-9-7-15-37(43)39-27-31(21-25-45(39)49)41-23-19-33(29-47-41)34-20-24-42(48-30-34)32-22-26-46-40(28-32)38-16-8-10-18-44(38)50(46)36-13-5-2-6-14-36/h1-30H. The van der Waals surface area contributed by atoms with Gasteiger partial charge in [-0.15, -0.1) is 0 Å². The lowest BCUT2D eigenvalue weighted by Crippen LogP contribution is -1.93. The number of nitrogens with zero attached hydrogens (tertiary/aromatic N) is 4. The fraction of sp³-hybridized carbons (Fsp3) is 0. The Labute approximate surface area is 289 Å². The first-order valence-electron chi connectivity index (χ1n) is 16.9. The molecule has 0 aliphatic rings. The summed E-state index contributed by atoms with van der Waals surface area (Å²) in [6.45, 7) is 0. The highest BCUT2D eigenvalue weighted by Crippen LogP contribution is 2.36. The van der Waals surface area contributed by atoms with Crippen molar-refractivity contribution in [1.29, 1.82) is 0 Å². The van der Waals surface area contributed by atoms with Crippen LogP contribution in [-0.4, -0.2) is 19.1 Å². The van der Waals surface area contributed by atoms with Gasteiger partial charge >= 0.3 is 0 Å². The van der Waals surface area contributed by atoms with Gasteiger partial charge in [-0.05, 0) is 72.8 Å². The predicted molar refractivity (Wildman–Crippen MR) is 207 cm³/mol. The highest BCUT2D eigenvalue weighted by Gasteiger charge is 2.15. The van der Waals surface area contributed by atoms with E-state index in [0.717, 1.165) is 45.0 Å². The van der Waals surface area contributed by atoms with Gasteiger partial charge in [0.25, 0.3) is 0 Å². The maximum absolute atomic E-state index is 4.91. The minimum Gasteiger partial charge on any atom is -0.309 e. The molecule has 0 bridgehead atoms. The molecule has 0 N–H and O–H groups in total. The first-order valence-corrected chi connectivity index (χ1v) is 16.9. The van der Waals surface area contributed by atoms with Crippen molar-refractivity contribution in [1.82, 2.24) is 19.1 Å². The van der Waals surface area contributed by atoms with Gasteiger partial charge in [-0.25, -0.2) is 0 Å². The second-order valence-electron chi connectivity index (χ2n) is 12.7. The van der Waals surface area contributed by atoms with E-state index in [1.165, 1.54) is 43.6 Å². The van der Waals surface area contributed by atoms with E-state index in [4.69, 9.17) is 9.97 Å². The van der Waals surface area contributed by atoms with Gasteiger partial charge in [0.2, 0.25) is 0 Å². The quantitative estimate of drug-likeness (QED) is 0.188. The average molecular weight is 639 g/mol. The SMILES string of the molecule is c1ccc(-n2c3ccccc3c3cc(-c4ccc(-c5ccc(-c6ccc7c(c6)c6ccccc6n7-c6ccccc6)nc5)cn4)ccc32)cc1. The molecule has 0 unspecified atom stereocenters. The number of fused-ring (bicyclic) bond motifs is 6. The van der Waals surface area contributed by atoms with Crippen LogP contribution in [0.2, 0.25) is 0 Å². The van der Waals surface area contributed by atoms with Gasteiger partial charge < -0.3 is 9.13 Å². The molecule has 4 nitrogen and oxygen atoms in total. The maximum Gasteiger partial charge on any atom is 0.0702 e. The van der Waals surface area contributed by atoms with Crippen molar-refractivity contribution >= 4 is 43.6 Å². The minimum atomic E-state index is 0.944. The molecule has 6 aromatic carbocycles. The summed E-state index contributed by atoms with van der Waals surface area (Å²) < 4.78 is 4.67. The summed E-state index contributed by atoms with van der Waals surface area (Å²) in [4.78, 5) is 9.82. The Morgan fingerprint density at radius 2 is 0.680 bits per heavy atom. The molecule has 0 aliphatic heterocycles. The van der Waals surface area contributed by atoms with Gasteiger partial charge in [-0.3, -0.25) is 9.97 Å². The van der Waals surface area contributed by atoms with Gasteiger partial charge in [0.1, 0.15) is 0 Å². The molecule has 0 radical (unpaired) electrons. The van der Waals surface area contributed by atoms with Crippen LogP contribution in [0.25, 0.3) is 88.6 Å². The molecule has 4 heterocycles. The van der Waals surface area contributed by atoms with Crippen LogP contribution in [0, 0.1) is 0 Å². The molecule has 0 spiro atoms. The highest BCUT2D eigenvalue weighted by molar-refractivity contribution is 6.11. The molecular formula is C46H30N4. The summed E-state index contributed by atoms with van der Waals surface area (Å²) in [7, 11) is 0. The molecule has 0 saturated heterocycles. The molecule has 4 aromatic heterocycles. The van der Waals surface area contributed by atoms with Crippen molar-refractivity contribution in [3.05, 3.63) is 182 Å². The zero-order valence-corrected chi connectivity index (χ0v) is 27.1. The Morgan fingerprint density at radius 1 is 0.300 bits per heavy atom. The molecule has 10 rings (SSSR count). The third-order valence-corrected chi connectivity index (χ3v) is 9.83. The zero-order chi connectivity index (χ0) is 33.0. The lowest BCUT2D eigenvalue weighted by Gasteiger charge is -2.09. The Balaban J connectivity index is 0.966. The third-order valence-electron chi connectivity index (χ3n) is 9.83. The summed E-state index contributed by atoms with van der Waals surface area (Å²) in [6.07, 6.45) is 3.90. The van der Waals surface area contributed by atoms with E-state index < -0.39 is 0 Å². The van der Waals surface area contributed by atoms with Crippen molar-refractivity contribution in [3.8, 4) is 45.0 Å². The fourth-order valence-electron chi connectivity index (χ4n) is 7.45. The molecule has 0 atom stereocenters. The monoisotopic (exact) mass is 638 g/mol. The normalized spacial score (nSPS) is 11.6. The summed E-state index contributed by atoms with van der Waals surface area (Å²) in [6, 6.07) is 60.1. The van der Waals surface area contributed by atoms with Crippen molar-refractivity contribution in [2.24, 2.45) is 0 Å². The molecule has 10 aromatic rings. The molecule has 234 valence electrons. The lowest BCUT2D eigenvalue weighted by molar-refractivity contribution is 1.18. The number of para-hydroxylation sites is 4. The van der Waals surface area contributed by atoms with E-state index in [-0.39, 0.29) is 0 Å². The molecule has 4 heteroatoms. The number of aromatic nitrogens is 4. The van der Waals surface area contributed by atoms with Gasteiger partial charge in [0.05, 0.1) is 33.5 Å². The Bertz CT molecular complexity index is 2630. The molecule has 0 aliphatic carbocycles. The van der Waals surface area contributed by atoms with Gasteiger partial charge in [-0.2, -0.15) is 0 Å². The number of pyridine rings is 2. The van der Waals surface area contributed by atoms with E-state index in [9.17, 15) is 0 Å². The van der Waals surface area contributed by atoms with E-state index in [1.54, 1.807) is 0 Å². The maximum atomic E-state index is 4.91. The topological polar surface area (TPSA) is 35.6 Å². The molecule has 0 saturated carbocycles. The third kappa shape index (κ3) is 4.54. The van der Waals surface area contributed by atoms with Gasteiger partial charge in [0, 0.05) is 67.6 Å². The number of benzene rings is 6. The fourth-order valence-corrected chi connectivity index (χ4v) is 7.45. The first kappa shape index (κ1) is 28.3. The Kier molecular flexibility index (Phi) is 6.46. The van der Waals surface area contributed by atoms with Gasteiger partial charge in [-0.1, -0.05) is 97.1 Å². The Hall–Kier alpha value is -6.78. The molecule has 0 amide bonds. The minimum absolute atomic E-state index is 0.944. The Morgan fingerprint density at radius 3 is 1.10 bits per heavy atom. The molecular weight excluding hydrogens is 609 g/mol. The van der Waals surface area contributed by atoms with Crippen molar-refractivity contribution in [3.63, 3.8) is 0 Å². The number of hydrogen-bond acceptors (Lipinski definition) is 2. The molecule has 50 heavy (non-hydrogen) atoms. The van der Waals surface area contributed by atoms with Crippen LogP contribution in [0.15, 0.2) is 182 Å². The van der Waals surface area contributed by atoms with E-state index >= 15 is 0 Å². The van der Waals surface area contributed by atoms with E-state index in [0.29, 0.717) is 0 Å². The van der Waals surface area contributed by atoms with Crippen LogP contribution in [0.1, 0.15) is 0 Å². The van der Waals surface area contributed by atoms with Crippen LogP contribution in [0.3, 0.4) is 0 Å². The lowest BCUT2D eigenvalue weighted by atomic mass is 10.0. The van der Waals surface area contributed by atoms with Gasteiger partial charge in [0.15, 0.2) is 0 Å². The number of hydrogen-bond donors (Lipinski definition) is 0. The summed E-state index contributed by atoms with van der Waals surface area (Å²) in [5.74, 6) is 0. The summed E-state index contributed by atoms with van der Waals surface area (Å²) in [5, 5.41) is 4.90. The number of rotatable bonds is 5. The first-order chi connectivity index (χ1) is 24.8. The zero-order valence-electron chi connectivity index (χ0n) is 27.1. The second kappa shape index (κ2) is 11.4. The van der Waals surface area contributed by atoms with Crippen LogP contribution < -0.4 is 0 Å². The average Bonchev–Trinajstić information content (AvgIpc) is 3.71. The second-order valence-corrected chi connectivity index (χ2v) is 12.7. The van der Waals surface area contributed by atoms with Crippen LogP contribution in [-0.2, 0) is 0 Å². The summed E-state index contributed by atoms with van der Waals surface area (Å²) in [5.41, 5.74) is 13.2. The van der Waals surface area contributed by atoms with Crippen molar-refractivity contribution in [2.75, 3.05) is 0 Å². The largest absolute Gasteiger partial charge is 0.309 e. The van der Waals surface area contributed by atoms with Crippen LogP contribution in [0.5, 0.6) is 0 Å². The highest BCUT2D eigenvalue weighted by atomic mass is 15.0. The van der Waals surface area contributed by atoms with E-state index in [2.05, 4.69) is 179 Å². The van der Waals surface area contributed by atoms with E-state index in [1.807, 2.05) is 12.4 Å². The smallest absolute Gasteiger partial charge is 0.0702 e. The predicted octanol–water partition coefficient (Wildman–Crippen LogP) is 11.7. The van der Waals surface area contributed by atoms with Crippen LogP contribution in [0.4, 0.5) is 0 Å². The summed E-state index contributed by atoms with van der Waals surface area (Å²) >= 11 is 0.